The summed E-state index contributed by atoms with van der Waals surface area (Å²) >= 11 is 0. The molecular formula is C22H21NO5. The van der Waals surface area contributed by atoms with E-state index in [0.29, 0.717) is 37.1 Å². The quantitative estimate of drug-likeness (QED) is 0.432. The number of ketones is 2. The van der Waals surface area contributed by atoms with Crippen LogP contribution in [0.3, 0.4) is 0 Å². The van der Waals surface area contributed by atoms with Crippen molar-refractivity contribution in [2.75, 3.05) is 18.5 Å². The van der Waals surface area contributed by atoms with Gasteiger partial charge in [0.2, 0.25) is 11.6 Å². The highest BCUT2D eigenvalue weighted by Crippen LogP contribution is 2.29. The third-order valence-corrected chi connectivity index (χ3v) is 4.52. The number of ether oxygens (including phenoxy) is 1. The van der Waals surface area contributed by atoms with Crippen molar-refractivity contribution in [3.63, 3.8) is 0 Å². The molecule has 0 saturated carbocycles. The summed E-state index contributed by atoms with van der Waals surface area (Å²) in [5.74, 6) is -1.70. The SMILES string of the molecule is CCOC(=O)c1ccc(NCCCC2=C(O)c3ccccc3C(=O)C2=O)cc1. The van der Waals surface area contributed by atoms with Gasteiger partial charge in [-0.05, 0) is 44.0 Å². The maximum absolute atomic E-state index is 12.3. The van der Waals surface area contributed by atoms with E-state index < -0.39 is 11.6 Å². The highest BCUT2D eigenvalue weighted by molar-refractivity contribution is 6.52. The lowest BCUT2D eigenvalue weighted by molar-refractivity contribution is -0.112. The highest BCUT2D eigenvalue weighted by Gasteiger charge is 2.31. The van der Waals surface area contributed by atoms with Gasteiger partial charge in [0.1, 0.15) is 5.76 Å². The van der Waals surface area contributed by atoms with Crippen LogP contribution in [-0.2, 0) is 9.53 Å². The molecule has 0 unspecified atom stereocenters. The van der Waals surface area contributed by atoms with Crippen molar-refractivity contribution in [2.24, 2.45) is 0 Å². The number of rotatable bonds is 7. The Hall–Kier alpha value is -3.41. The van der Waals surface area contributed by atoms with Crippen LogP contribution in [0.5, 0.6) is 0 Å². The lowest BCUT2D eigenvalue weighted by Gasteiger charge is -2.17. The predicted octanol–water partition coefficient (Wildman–Crippen LogP) is 3.79. The molecule has 3 rings (SSSR count). The molecule has 0 atom stereocenters. The number of Topliss-reactive ketones (excluding diaryl/α,β-unsaturated/α-hetero) is 2. The van der Waals surface area contributed by atoms with Crippen molar-refractivity contribution in [3.8, 4) is 0 Å². The first-order valence-corrected chi connectivity index (χ1v) is 9.14. The number of hydrogen-bond donors (Lipinski definition) is 2. The van der Waals surface area contributed by atoms with Gasteiger partial charge < -0.3 is 15.2 Å². The van der Waals surface area contributed by atoms with Crippen molar-refractivity contribution in [3.05, 3.63) is 70.8 Å². The van der Waals surface area contributed by atoms with E-state index in [1.54, 1.807) is 55.5 Å². The molecule has 0 fully saturated rings. The van der Waals surface area contributed by atoms with Gasteiger partial charge in [-0.1, -0.05) is 24.3 Å². The zero-order valence-electron chi connectivity index (χ0n) is 15.5. The van der Waals surface area contributed by atoms with Crippen molar-refractivity contribution in [2.45, 2.75) is 19.8 Å². The maximum Gasteiger partial charge on any atom is 0.338 e. The molecule has 0 amide bonds. The Bertz CT molecular complexity index is 944. The Balaban J connectivity index is 1.59. The average Bonchev–Trinajstić information content (AvgIpc) is 2.72. The summed E-state index contributed by atoms with van der Waals surface area (Å²) in [4.78, 5) is 36.1. The zero-order chi connectivity index (χ0) is 20.1. The molecule has 0 aromatic heterocycles. The van der Waals surface area contributed by atoms with Gasteiger partial charge in [-0.15, -0.1) is 0 Å². The number of allylic oxidation sites excluding steroid dienone is 1. The fourth-order valence-corrected chi connectivity index (χ4v) is 3.09. The van der Waals surface area contributed by atoms with Crippen LogP contribution >= 0.6 is 0 Å². The Morgan fingerprint density at radius 3 is 2.36 bits per heavy atom. The lowest BCUT2D eigenvalue weighted by atomic mass is 9.86. The molecule has 1 aliphatic rings. The molecule has 0 saturated heterocycles. The van der Waals surface area contributed by atoms with Crippen molar-refractivity contribution >= 4 is 29.0 Å². The number of hydrogen-bond acceptors (Lipinski definition) is 6. The number of aliphatic hydroxyl groups excluding tert-OH is 1. The lowest BCUT2D eigenvalue weighted by Crippen LogP contribution is -2.24. The van der Waals surface area contributed by atoms with E-state index >= 15 is 0 Å². The molecule has 28 heavy (non-hydrogen) atoms. The molecule has 2 aromatic rings. The Kier molecular flexibility index (Phi) is 5.89. The summed E-state index contributed by atoms with van der Waals surface area (Å²) in [6.07, 6.45) is 0.846. The third-order valence-electron chi connectivity index (χ3n) is 4.52. The average molecular weight is 379 g/mol. The highest BCUT2D eigenvalue weighted by atomic mass is 16.5. The van der Waals surface area contributed by atoms with Gasteiger partial charge >= 0.3 is 5.97 Å². The Morgan fingerprint density at radius 1 is 1.00 bits per heavy atom. The number of nitrogens with one attached hydrogen (secondary N) is 1. The zero-order valence-corrected chi connectivity index (χ0v) is 15.5. The number of anilines is 1. The number of esters is 1. The molecule has 6 nitrogen and oxygen atoms in total. The van der Waals surface area contributed by atoms with Crippen LogP contribution in [0.25, 0.3) is 5.76 Å². The first-order chi connectivity index (χ1) is 13.5. The normalized spacial score (nSPS) is 13.3. The van der Waals surface area contributed by atoms with Crippen LogP contribution < -0.4 is 5.32 Å². The minimum absolute atomic E-state index is 0.112. The molecule has 2 aromatic carbocycles. The number of fused-ring (bicyclic) bond motifs is 1. The number of carbonyl (C=O) groups excluding carboxylic acids is 3. The second kappa shape index (κ2) is 8.52. The molecular weight excluding hydrogens is 358 g/mol. The third kappa shape index (κ3) is 3.96. The van der Waals surface area contributed by atoms with Crippen LogP contribution in [0.15, 0.2) is 54.1 Å². The molecule has 0 bridgehead atoms. The molecule has 0 spiro atoms. The van der Waals surface area contributed by atoms with E-state index in [-0.39, 0.29) is 22.9 Å². The van der Waals surface area contributed by atoms with Gasteiger partial charge in [-0.2, -0.15) is 0 Å². The van der Waals surface area contributed by atoms with E-state index in [4.69, 9.17) is 4.74 Å². The van der Waals surface area contributed by atoms with Crippen LogP contribution in [0.1, 0.15) is 46.0 Å². The summed E-state index contributed by atoms with van der Waals surface area (Å²) < 4.78 is 4.94. The van der Waals surface area contributed by atoms with E-state index in [1.807, 2.05) is 0 Å². The van der Waals surface area contributed by atoms with E-state index in [2.05, 4.69) is 5.32 Å². The molecule has 0 aliphatic heterocycles. The summed E-state index contributed by atoms with van der Waals surface area (Å²) in [5.41, 5.74) is 2.11. The standard InChI is InChI=1S/C22H21NO5/c1-2-28-22(27)14-9-11-15(12-10-14)23-13-5-8-18-19(24)16-6-3-4-7-17(16)20(25)21(18)26/h3-4,6-7,9-12,23-24H,2,5,8,13H2,1H3. The number of aliphatic hydroxyl groups is 1. The monoisotopic (exact) mass is 379 g/mol. The molecule has 2 N–H and O–H groups in total. The fraction of sp³-hybridized carbons (Fsp3) is 0.227. The largest absolute Gasteiger partial charge is 0.507 e. The predicted molar refractivity (Wildman–Crippen MR) is 105 cm³/mol. The number of carbonyl (C=O) groups is 3. The van der Waals surface area contributed by atoms with Gasteiger partial charge in [0, 0.05) is 28.9 Å². The van der Waals surface area contributed by atoms with Crippen molar-refractivity contribution < 1.29 is 24.2 Å². The molecule has 144 valence electrons. The topological polar surface area (TPSA) is 92.7 Å². The van der Waals surface area contributed by atoms with E-state index in [0.717, 1.165) is 5.69 Å². The fourth-order valence-electron chi connectivity index (χ4n) is 3.09. The van der Waals surface area contributed by atoms with E-state index in [1.165, 1.54) is 0 Å². The minimum Gasteiger partial charge on any atom is -0.507 e. The summed E-state index contributed by atoms with van der Waals surface area (Å²) in [7, 11) is 0. The summed E-state index contributed by atoms with van der Waals surface area (Å²) in [6, 6.07) is 13.5. The summed E-state index contributed by atoms with van der Waals surface area (Å²) in [6.45, 7) is 2.62. The van der Waals surface area contributed by atoms with E-state index in [9.17, 15) is 19.5 Å². The first kappa shape index (κ1) is 19.4. The van der Waals surface area contributed by atoms with Gasteiger partial charge in [0.15, 0.2) is 0 Å². The molecule has 1 aliphatic carbocycles. The number of benzene rings is 2. The Labute approximate surface area is 162 Å². The van der Waals surface area contributed by atoms with Gasteiger partial charge in [-0.3, -0.25) is 9.59 Å². The second-order valence-electron chi connectivity index (χ2n) is 6.36. The van der Waals surface area contributed by atoms with Crippen molar-refractivity contribution in [1.82, 2.24) is 0 Å². The Morgan fingerprint density at radius 2 is 1.68 bits per heavy atom. The molecule has 0 radical (unpaired) electrons. The van der Waals surface area contributed by atoms with Crippen LogP contribution in [0, 0.1) is 0 Å². The van der Waals surface area contributed by atoms with Gasteiger partial charge in [0.25, 0.3) is 0 Å². The van der Waals surface area contributed by atoms with Crippen LogP contribution in [-0.4, -0.2) is 35.8 Å². The minimum atomic E-state index is -0.644. The smallest absolute Gasteiger partial charge is 0.338 e. The van der Waals surface area contributed by atoms with Crippen LogP contribution in [0.4, 0.5) is 5.69 Å². The first-order valence-electron chi connectivity index (χ1n) is 9.14. The summed E-state index contributed by atoms with van der Waals surface area (Å²) in [5, 5.41) is 13.6. The second-order valence-corrected chi connectivity index (χ2v) is 6.36. The van der Waals surface area contributed by atoms with Crippen LogP contribution in [0.2, 0.25) is 0 Å². The van der Waals surface area contributed by atoms with Gasteiger partial charge in [-0.25, -0.2) is 4.79 Å². The molecule has 6 heteroatoms. The maximum atomic E-state index is 12.3. The van der Waals surface area contributed by atoms with Crippen molar-refractivity contribution in [1.29, 1.82) is 0 Å². The van der Waals surface area contributed by atoms with Gasteiger partial charge in [0.05, 0.1) is 12.2 Å². The molecule has 0 heterocycles.